The fourth-order valence-electron chi connectivity index (χ4n) is 4.49. The lowest BCUT2D eigenvalue weighted by Crippen LogP contribution is -2.50. The first-order valence-corrected chi connectivity index (χ1v) is 18.7. The van der Waals surface area contributed by atoms with Gasteiger partial charge in [-0.1, -0.05) is 142 Å². The number of aliphatic carboxylic acids is 1. The molecule has 0 radical (unpaired) electrons. The molecular formula is C44H66NO7+. The summed E-state index contributed by atoms with van der Waals surface area (Å²) >= 11 is 0. The van der Waals surface area contributed by atoms with Gasteiger partial charge in [0.2, 0.25) is 0 Å². The van der Waals surface area contributed by atoms with Crippen molar-refractivity contribution in [2.75, 3.05) is 41.0 Å². The Morgan fingerprint density at radius 3 is 1.71 bits per heavy atom. The number of allylic oxidation sites excluding steroid dienone is 19. The van der Waals surface area contributed by atoms with Crippen molar-refractivity contribution in [2.45, 2.75) is 96.6 Å². The van der Waals surface area contributed by atoms with Crippen LogP contribution in [0.15, 0.2) is 122 Å². The van der Waals surface area contributed by atoms with Crippen molar-refractivity contribution in [2.24, 2.45) is 0 Å². The predicted molar refractivity (Wildman–Crippen MR) is 215 cm³/mol. The lowest BCUT2D eigenvalue weighted by Gasteiger charge is -2.31. The van der Waals surface area contributed by atoms with Gasteiger partial charge in [-0.3, -0.25) is 9.59 Å². The second kappa shape index (κ2) is 33.9. The predicted octanol–water partition coefficient (Wildman–Crippen LogP) is 9.51. The molecule has 288 valence electrons. The Hall–Kier alpha value is -4.27. The molecule has 0 bridgehead atoms. The number of esters is 2. The van der Waals surface area contributed by atoms with Crippen molar-refractivity contribution in [1.29, 1.82) is 0 Å². The van der Waals surface area contributed by atoms with Gasteiger partial charge >= 0.3 is 17.9 Å². The molecule has 0 aromatic heterocycles. The van der Waals surface area contributed by atoms with Crippen molar-refractivity contribution >= 4 is 17.9 Å². The molecule has 1 N–H and O–H groups in total. The molecule has 0 aromatic carbocycles. The zero-order valence-electron chi connectivity index (χ0n) is 32.4. The van der Waals surface area contributed by atoms with Crippen LogP contribution in [0.2, 0.25) is 0 Å². The van der Waals surface area contributed by atoms with Crippen LogP contribution in [0.3, 0.4) is 0 Å². The minimum absolute atomic E-state index is 0.00521. The summed E-state index contributed by atoms with van der Waals surface area (Å²) in [6.45, 7) is 4.25. The SMILES string of the molecule is CC/C=C/C=C/C=C/C=C/C=C/C=C/C=C/CCCCCC(=O)OC(COCCC(C(=O)O)[N+](C)(C)C)COC(=O)C/C=C/C/C=C/C/C=C/CC. The number of quaternary nitrogens is 1. The van der Waals surface area contributed by atoms with E-state index in [0.29, 0.717) is 12.8 Å². The van der Waals surface area contributed by atoms with E-state index in [1.807, 2.05) is 106 Å². The fraction of sp³-hybridized carbons (Fsp3) is 0.477. The maximum Gasteiger partial charge on any atom is 0.362 e. The number of hydrogen-bond acceptors (Lipinski definition) is 6. The standard InChI is InChI=1S/C44H65NO7/c1-6-8-10-12-14-16-17-18-19-20-21-22-23-24-25-27-29-31-33-35-43(47)52-40(38-50-37-36-41(44(48)49)45(3,4)5)39-51-42(46)34-32-30-28-26-15-13-11-9-7-2/h8-12,14-26,30,32,40-41H,6-7,13,27-29,31,33-39H2,1-5H3/p+1/b10-8+,11-9+,14-12+,17-16+,19-18+,21-20+,23-22+,25-24+,26-15+,32-30+. The van der Waals surface area contributed by atoms with Crippen molar-refractivity contribution in [3.8, 4) is 0 Å². The van der Waals surface area contributed by atoms with Crippen molar-refractivity contribution in [3.63, 3.8) is 0 Å². The smallest absolute Gasteiger partial charge is 0.362 e. The molecule has 52 heavy (non-hydrogen) atoms. The Morgan fingerprint density at radius 2 is 1.15 bits per heavy atom. The molecule has 0 spiro atoms. The normalized spacial score (nSPS) is 14.4. The summed E-state index contributed by atoms with van der Waals surface area (Å²) in [6, 6.07) is -0.641. The van der Waals surface area contributed by atoms with Gasteiger partial charge in [-0.2, -0.15) is 0 Å². The molecule has 0 amide bonds. The van der Waals surface area contributed by atoms with E-state index >= 15 is 0 Å². The molecule has 8 nitrogen and oxygen atoms in total. The number of carbonyl (C=O) groups is 3. The van der Waals surface area contributed by atoms with Crippen molar-refractivity contribution in [3.05, 3.63) is 122 Å². The van der Waals surface area contributed by atoms with E-state index in [-0.39, 0.29) is 43.1 Å². The Balaban J connectivity index is 4.64. The van der Waals surface area contributed by atoms with E-state index in [1.165, 1.54) is 0 Å². The maximum atomic E-state index is 12.6. The van der Waals surface area contributed by atoms with E-state index < -0.39 is 24.1 Å². The third-order valence-corrected chi connectivity index (χ3v) is 7.33. The zero-order chi connectivity index (χ0) is 38.5. The molecule has 0 aliphatic heterocycles. The van der Waals surface area contributed by atoms with E-state index in [1.54, 1.807) is 6.08 Å². The molecule has 0 heterocycles. The van der Waals surface area contributed by atoms with Crippen LogP contribution >= 0.6 is 0 Å². The first-order chi connectivity index (χ1) is 25.1. The highest BCUT2D eigenvalue weighted by molar-refractivity contribution is 5.72. The van der Waals surface area contributed by atoms with Crippen LogP contribution in [0.5, 0.6) is 0 Å². The number of carboxylic acid groups (broad SMARTS) is 1. The first-order valence-electron chi connectivity index (χ1n) is 18.7. The molecule has 0 aliphatic rings. The van der Waals surface area contributed by atoms with Crippen LogP contribution in [-0.4, -0.2) is 80.6 Å². The van der Waals surface area contributed by atoms with Crippen LogP contribution in [0.1, 0.15) is 84.5 Å². The quantitative estimate of drug-likeness (QED) is 0.0260. The number of carboxylic acids is 1. The van der Waals surface area contributed by atoms with Crippen LogP contribution in [0, 0.1) is 0 Å². The Labute approximate surface area is 314 Å². The third-order valence-electron chi connectivity index (χ3n) is 7.33. The van der Waals surface area contributed by atoms with Gasteiger partial charge in [-0.15, -0.1) is 0 Å². The summed E-state index contributed by atoms with van der Waals surface area (Å²) in [6.07, 6.45) is 47.1. The molecule has 0 saturated heterocycles. The molecule has 8 heteroatoms. The molecular weight excluding hydrogens is 654 g/mol. The number of unbranched alkanes of at least 4 members (excludes halogenated alkanes) is 3. The van der Waals surface area contributed by atoms with E-state index in [2.05, 4.69) is 44.2 Å². The second-order valence-electron chi connectivity index (χ2n) is 12.9. The van der Waals surface area contributed by atoms with E-state index in [4.69, 9.17) is 14.2 Å². The number of hydrogen-bond donors (Lipinski definition) is 1. The number of ether oxygens (including phenoxy) is 3. The number of likely N-dealkylation sites (N-methyl/N-ethyl adjacent to an activating group) is 1. The van der Waals surface area contributed by atoms with Crippen LogP contribution in [-0.2, 0) is 28.6 Å². The number of rotatable bonds is 30. The highest BCUT2D eigenvalue weighted by atomic mass is 16.6. The van der Waals surface area contributed by atoms with Crippen LogP contribution < -0.4 is 0 Å². The highest BCUT2D eigenvalue weighted by Crippen LogP contribution is 2.10. The highest BCUT2D eigenvalue weighted by Gasteiger charge is 2.31. The largest absolute Gasteiger partial charge is 0.477 e. The molecule has 0 aromatic rings. The van der Waals surface area contributed by atoms with E-state index in [9.17, 15) is 19.5 Å². The van der Waals surface area contributed by atoms with Gasteiger partial charge in [0.05, 0.1) is 40.8 Å². The van der Waals surface area contributed by atoms with Crippen LogP contribution in [0.25, 0.3) is 0 Å². The summed E-state index contributed by atoms with van der Waals surface area (Å²) in [5, 5.41) is 9.57. The number of carbonyl (C=O) groups excluding carboxylic acids is 2. The lowest BCUT2D eigenvalue weighted by molar-refractivity contribution is -0.887. The summed E-state index contributed by atoms with van der Waals surface area (Å²) in [7, 11) is 5.45. The molecule has 2 atom stereocenters. The second-order valence-corrected chi connectivity index (χ2v) is 12.9. The van der Waals surface area contributed by atoms with Gasteiger partial charge in [-0.25, -0.2) is 4.79 Å². The van der Waals surface area contributed by atoms with Gasteiger partial charge in [0.15, 0.2) is 12.1 Å². The fourth-order valence-corrected chi connectivity index (χ4v) is 4.49. The number of nitrogens with zero attached hydrogens (tertiary/aromatic N) is 1. The zero-order valence-corrected chi connectivity index (χ0v) is 32.4. The Kier molecular flexibility index (Phi) is 31.1. The minimum Gasteiger partial charge on any atom is -0.477 e. The Bertz CT molecular complexity index is 1260. The van der Waals surface area contributed by atoms with Crippen molar-refractivity contribution < 1.29 is 38.2 Å². The third kappa shape index (κ3) is 31.7. The van der Waals surface area contributed by atoms with Gasteiger partial charge in [0, 0.05) is 12.8 Å². The first kappa shape index (κ1) is 47.7. The topological polar surface area (TPSA) is 99.1 Å². The molecule has 0 aliphatic carbocycles. The minimum atomic E-state index is -0.902. The molecule has 0 saturated carbocycles. The maximum absolute atomic E-state index is 12.6. The summed E-state index contributed by atoms with van der Waals surface area (Å²) in [5.41, 5.74) is 0. The van der Waals surface area contributed by atoms with Crippen LogP contribution in [0.4, 0.5) is 0 Å². The monoisotopic (exact) mass is 720 g/mol. The molecule has 0 rings (SSSR count). The molecule has 0 fully saturated rings. The van der Waals surface area contributed by atoms with Crippen molar-refractivity contribution in [1.82, 2.24) is 0 Å². The van der Waals surface area contributed by atoms with Gasteiger partial charge in [-0.05, 0) is 44.9 Å². The average molecular weight is 721 g/mol. The average Bonchev–Trinajstić information content (AvgIpc) is 3.09. The van der Waals surface area contributed by atoms with E-state index in [0.717, 1.165) is 44.9 Å². The summed E-state index contributed by atoms with van der Waals surface area (Å²) < 4.78 is 17.0. The van der Waals surface area contributed by atoms with Gasteiger partial charge < -0.3 is 23.8 Å². The van der Waals surface area contributed by atoms with Gasteiger partial charge in [0.1, 0.15) is 6.61 Å². The Morgan fingerprint density at radius 1 is 0.615 bits per heavy atom. The summed E-state index contributed by atoms with van der Waals surface area (Å²) in [5.74, 6) is -1.71. The summed E-state index contributed by atoms with van der Waals surface area (Å²) in [4.78, 5) is 36.6. The lowest BCUT2D eigenvalue weighted by atomic mass is 10.1. The van der Waals surface area contributed by atoms with Gasteiger partial charge in [0.25, 0.3) is 0 Å². The molecule has 2 unspecified atom stereocenters.